The van der Waals surface area contributed by atoms with Crippen LogP contribution in [0.1, 0.15) is 49.6 Å². The van der Waals surface area contributed by atoms with Crippen molar-refractivity contribution in [3.05, 3.63) is 11.9 Å². The Labute approximate surface area is 142 Å². The van der Waals surface area contributed by atoms with Gasteiger partial charge < -0.3 is 15.4 Å². The summed E-state index contributed by atoms with van der Waals surface area (Å²) in [5.74, 6) is -0.146. The molecule has 2 heterocycles. The largest absolute Gasteiger partial charge is 0.381 e. The van der Waals surface area contributed by atoms with Gasteiger partial charge in [-0.3, -0.25) is 4.79 Å². The van der Waals surface area contributed by atoms with E-state index in [2.05, 4.69) is 34.8 Å². The van der Waals surface area contributed by atoms with Crippen LogP contribution in [0.3, 0.4) is 0 Å². The molecule has 0 bridgehead atoms. The van der Waals surface area contributed by atoms with E-state index in [4.69, 9.17) is 4.74 Å². The number of amides is 1. The zero-order valence-electron chi connectivity index (χ0n) is 13.9. The molecule has 8 heteroatoms. The Morgan fingerprint density at radius 2 is 2.13 bits per heavy atom. The van der Waals surface area contributed by atoms with E-state index in [0.717, 1.165) is 32.4 Å². The summed E-state index contributed by atoms with van der Waals surface area (Å²) in [4.78, 5) is 12.3. The summed E-state index contributed by atoms with van der Waals surface area (Å²) in [7, 11) is 1.72. The van der Waals surface area contributed by atoms with Crippen molar-refractivity contribution in [1.29, 1.82) is 0 Å². The molecule has 0 aromatic carbocycles. The molecule has 2 unspecified atom stereocenters. The fourth-order valence-corrected chi connectivity index (χ4v) is 3.39. The summed E-state index contributed by atoms with van der Waals surface area (Å²) in [6.07, 6.45) is 4.86. The van der Waals surface area contributed by atoms with Gasteiger partial charge in [0.15, 0.2) is 5.69 Å². The minimum atomic E-state index is -0.146. The lowest BCUT2D eigenvalue weighted by Crippen LogP contribution is -2.61. The van der Waals surface area contributed by atoms with Gasteiger partial charge in [-0.15, -0.1) is 17.5 Å². The molecule has 2 atom stereocenters. The van der Waals surface area contributed by atoms with Gasteiger partial charge >= 0.3 is 0 Å². The van der Waals surface area contributed by atoms with Crippen molar-refractivity contribution in [2.75, 3.05) is 20.2 Å². The first-order valence-electron chi connectivity index (χ1n) is 7.98. The Hall–Kier alpha value is -1.18. The molecular formula is C15H26ClN5O2. The topological polar surface area (TPSA) is 81.1 Å². The highest BCUT2D eigenvalue weighted by Crippen LogP contribution is 2.42. The Morgan fingerprint density at radius 1 is 1.43 bits per heavy atom. The summed E-state index contributed by atoms with van der Waals surface area (Å²) in [5.41, 5.74) is 0.352. The Bertz CT molecular complexity index is 542. The summed E-state index contributed by atoms with van der Waals surface area (Å²) >= 11 is 0. The SMILES string of the molecule is COC1CC(NC(=O)c2cn(C3CCNCC3)nn2)C1(C)C.Cl. The number of ether oxygens (including phenoxy) is 1. The Morgan fingerprint density at radius 3 is 2.74 bits per heavy atom. The molecule has 7 nitrogen and oxygen atoms in total. The first-order chi connectivity index (χ1) is 10.5. The zero-order chi connectivity index (χ0) is 15.7. The van der Waals surface area contributed by atoms with Crippen LogP contribution in [0, 0.1) is 5.41 Å². The second kappa shape index (κ2) is 7.15. The van der Waals surface area contributed by atoms with Gasteiger partial charge in [-0.25, -0.2) is 4.68 Å². The standard InChI is InChI=1S/C15H25N5O2.ClH/c1-15(2)12(8-13(15)22-3)17-14(21)11-9-20(19-18-11)10-4-6-16-7-5-10;/h9-10,12-13,16H,4-8H2,1-3H3,(H,17,21);1H. The van der Waals surface area contributed by atoms with Crippen molar-refractivity contribution >= 4 is 18.3 Å². The minimum Gasteiger partial charge on any atom is -0.381 e. The molecule has 23 heavy (non-hydrogen) atoms. The van der Waals surface area contributed by atoms with Gasteiger partial charge in [-0.1, -0.05) is 19.1 Å². The lowest BCUT2D eigenvalue weighted by atomic mass is 9.64. The minimum absolute atomic E-state index is 0. The van der Waals surface area contributed by atoms with E-state index in [1.807, 2.05) is 4.68 Å². The maximum absolute atomic E-state index is 12.3. The molecule has 1 aliphatic heterocycles. The molecule has 1 saturated carbocycles. The highest BCUT2D eigenvalue weighted by molar-refractivity contribution is 5.92. The quantitative estimate of drug-likeness (QED) is 0.857. The van der Waals surface area contributed by atoms with Gasteiger partial charge in [0, 0.05) is 18.6 Å². The van der Waals surface area contributed by atoms with Crippen LogP contribution < -0.4 is 10.6 Å². The first-order valence-corrected chi connectivity index (χ1v) is 7.98. The lowest BCUT2D eigenvalue weighted by Gasteiger charge is -2.51. The van der Waals surface area contributed by atoms with Crippen LogP contribution in [-0.4, -0.2) is 53.2 Å². The molecule has 2 aliphatic rings. The molecule has 1 aromatic rings. The molecular weight excluding hydrogens is 318 g/mol. The van der Waals surface area contributed by atoms with Gasteiger partial charge in [-0.2, -0.15) is 0 Å². The maximum atomic E-state index is 12.3. The number of carbonyl (C=O) groups is 1. The van der Waals surface area contributed by atoms with Gasteiger partial charge in [0.05, 0.1) is 18.3 Å². The van der Waals surface area contributed by atoms with E-state index in [1.165, 1.54) is 0 Å². The smallest absolute Gasteiger partial charge is 0.273 e. The number of halogens is 1. The van der Waals surface area contributed by atoms with Crippen molar-refractivity contribution in [3.8, 4) is 0 Å². The van der Waals surface area contributed by atoms with Crippen LogP contribution >= 0.6 is 12.4 Å². The molecule has 1 aliphatic carbocycles. The highest BCUT2D eigenvalue weighted by Gasteiger charge is 2.49. The average molecular weight is 344 g/mol. The zero-order valence-corrected chi connectivity index (χ0v) is 14.7. The van der Waals surface area contributed by atoms with Crippen LogP contribution in [0.25, 0.3) is 0 Å². The van der Waals surface area contributed by atoms with E-state index in [1.54, 1.807) is 13.3 Å². The predicted octanol–water partition coefficient (Wildman–Crippen LogP) is 1.17. The van der Waals surface area contributed by atoms with Crippen molar-refractivity contribution < 1.29 is 9.53 Å². The number of methoxy groups -OCH3 is 1. The molecule has 2 N–H and O–H groups in total. The van der Waals surface area contributed by atoms with Gasteiger partial charge in [0.2, 0.25) is 0 Å². The number of nitrogens with one attached hydrogen (secondary N) is 2. The summed E-state index contributed by atoms with van der Waals surface area (Å²) in [6.45, 7) is 6.20. The first kappa shape index (κ1) is 18.2. The van der Waals surface area contributed by atoms with Crippen LogP contribution in [0.15, 0.2) is 6.20 Å². The number of piperidine rings is 1. The monoisotopic (exact) mass is 343 g/mol. The highest BCUT2D eigenvalue weighted by atomic mass is 35.5. The Kier molecular flexibility index (Phi) is 5.65. The summed E-state index contributed by atoms with van der Waals surface area (Å²) in [5, 5.41) is 14.5. The number of nitrogens with zero attached hydrogens (tertiary/aromatic N) is 3. The van der Waals surface area contributed by atoms with Gasteiger partial charge in [0.1, 0.15) is 0 Å². The number of hydrogen-bond donors (Lipinski definition) is 2. The maximum Gasteiger partial charge on any atom is 0.273 e. The second-order valence-corrected chi connectivity index (χ2v) is 6.87. The number of hydrogen-bond acceptors (Lipinski definition) is 5. The van der Waals surface area contributed by atoms with Crippen LogP contribution in [0.5, 0.6) is 0 Å². The van der Waals surface area contributed by atoms with Crippen LogP contribution in [0.2, 0.25) is 0 Å². The van der Waals surface area contributed by atoms with E-state index in [0.29, 0.717) is 11.7 Å². The molecule has 3 rings (SSSR count). The molecule has 1 aromatic heterocycles. The van der Waals surface area contributed by atoms with Crippen molar-refractivity contribution in [1.82, 2.24) is 25.6 Å². The van der Waals surface area contributed by atoms with Crippen molar-refractivity contribution in [2.24, 2.45) is 5.41 Å². The summed E-state index contributed by atoms with van der Waals surface area (Å²) in [6, 6.07) is 0.460. The number of aromatic nitrogens is 3. The number of rotatable bonds is 4. The van der Waals surface area contributed by atoms with Crippen molar-refractivity contribution in [2.45, 2.75) is 51.3 Å². The second-order valence-electron chi connectivity index (χ2n) is 6.87. The fraction of sp³-hybridized carbons (Fsp3) is 0.800. The van der Waals surface area contributed by atoms with E-state index < -0.39 is 0 Å². The third kappa shape index (κ3) is 3.51. The van der Waals surface area contributed by atoms with Crippen molar-refractivity contribution in [3.63, 3.8) is 0 Å². The third-order valence-corrected chi connectivity index (χ3v) is 5.19. The fourth-order valence-electron chi connectivity index (χ4n) is 3.39. The lowest BCUT2D eigenvalue weighted by molar-refractivity contribution is -0.0942. The average Bonchev–Trinajstić information content (AvgIpc) is 3.01. The molecule has 1 amide bonds. The van der Waals surface area contributed by atoms with Crippen LogP contribution in [-0.2, 0) is 4.74 Å². The van der Waals surface area contributed by atoms with E-state index in [-0.39, 0.29) is 35.9 Å². The molecule has 0 radical (unpaired) electrons. The van der Waals surface area contributed by atoms with Crippen LogP contribution in [0.4, 0.5) is 0 Å². The van der Waals surface area contributed by atoms with E-state index in [9.17, 15) is 4.79 Å². The van der Waals surface area contributed by atoms with Gasteiger partial charge in [-0.05, 0) is 32.4 Å². The Balaban J connectivity index is 0.00000192. The summed E-state index contributed by atoms with van der Waals surface area (Å²) < 4.78 is 7.25. The van der Waals surface area contributed by atoms with Gasteiger partial charge in [0.25, 0.3) is 5.91 Å². The normalized spacial score (nSPS) is 26.9. The third-order valence-electron chi connectivity index (χ3n) is 5.19. The molecule has 0 spiro atoms. The predicted molar refractivity (Wildman–Crippen MR) is 88.9 cm³/mol. The number of carbonyl (C=O) groups excluding carboxylic acids is 1. The molecule has 130 valence electrons. The molecule has 1 saturated heterocycles. The molecule has 2 fully saturated rings. The van der Waals surface area contributed by atoms with E-state index >= 15 is 0 Å².